The van der Waals surface area contributed by atoms with Crippen LogP contribution in [-0.2, 0) is 28.6 Å². The van der Waals surface area contributed by atoms with E-state index in [9.17, 15) is 14.4 Å². The molecule has 1 unspecified atom stereocenters. The van der Waals surface area contributed by atoms with Gasteiger partial charge < -0.3 is 14.2 Å². The zero-order valence-corrected chi connectivity index (χ0v) is 44.7. The fourth-order valence-corrected chi connectivity index (χ4v) is 7.27. The molecular weight excluding hydrogens is 865 g/mol. The first-order chi connectivity index (χ1) is 34.5. The van der Waals surface area contributed by atoms with Gasteiger partial charge in [-0.05, 0) is 57.8 Å². The lowest BCUT2D eigenvalue weighted by molar-refractivity contribution is -0.167. The number of unbranched alkanes of at least 4 members (excludes halogenated alkanes) is 23. The van der Waals surface area contributed by atoms with Crippen LogP contribution in [0.4, 0.5) is 0 Å². The molecule has 1 atom stereocenters. The van der Waals surface area contributed by atoms with E-state index in [1.54, 1.807) is 0 Å². The predicted octanol–water partition coefficient (Wildman–Crippen LogP) is 18.8. The van der Waals surface area contributed by atoms with E-state index in [0.717, 1.165) is 77.0 Å². The van der Waals surface area contributed by atoms with E-state index in [2.05, 4.69) is 45.1 Å². The summed E-state index contributed by atoms with van der Waals surface area (Å²) in [6.07, 6.45) is 81.1. The number of ether oxygens (including phenoxy) is 3. The van der Waals surface area contributed by atoms with Crippen LogP contribution in [0.1, 0.15) is 220 Å². The lowest BCUT2D eigenvalue weighted by Crippen LogP contribution is -2.30. The van der Waals surface area contributed by atoms with Gasteiger partial charge >= 0.3 is 17.9 Å². The van der Waals surface area contributed by atoms with Crippen LogP contribution in [0.15, 0.2) is 146 Å². The lowest BCUT2D eigenvalue weighted by atomic mass is 10.0. The van der Waals surface area contributed by atoms with E-state index in [1.807, 2.05) is 122 Å². The molecule has 6 nitrogen and oxygen atoms in total. The highest BCUT2D eigenvalue weighted by Gasteiger charge is 2.19. The van der Waals surface area contributed by atoms with Crippen molar-refractivity contribution in [1.82, 2.24) is 0 Å². The molecule has 0 saturated heterocycles. The van der Waals surface area contributed by atoms with Gasteiger partial charge in [0.05, 0.1) is 0 Å². The normalized spacial score (nSPS) is 13.2. The molecule has 0 saturated carbocycles. The van der Waals surface area contributed by atoms with E-state index in [4.69, 9.17) is 14.2 Å². The van der Waals surface area contributed by atoms with Gasteiger partial charge in [-0.15, -0.1) is 0 Å². The van der Waals surface area contributed by atoms with Gasteiger partial charge in [-0.25, -0.2) is 0 Å². The van der Waals surface area contributed by atoms with Crippen molar-refractivity contribution in [2.24, 2.45) is 0 Å². The molecule has 0 N–H and O–H groups in total. The minimum absolute atomic E-state index is 0.115. The Balaban J connectivity index is 4.57. The number of hydrogen-bond donors (Lipinski definition) is 0. The Morgan fingerprint density at radius 2 is 0.557 bits per heavy atom. The van der Waals surface area contributed by atoms with Gasteiger partial charge in [-0.3, -0.25) is 14.4 Å². The molecule has 0 fully saturated rings. The van der Waals surface area contributed by atoms with Crippen molar-refractivity contribution in [3.8, 4) is 0 Å². The molecule has 0 aromatic heterocycles. The summed E-state index contributed by atoms with van der Waals surface area (Å²) in [6.45, 7) is 6.27. The molecule has 0 bridgehead atoms. The fourth-order valence-electron chi connectivity index (χ4n) is 7.27. The molecule has 0 aromatic carbocycles. The van der Waals surface area contributed by atoms with E-state index < -0.39 is 6.10 Å². The first-order valence-electron chi connectivity index (χ1n) is 28.0. The molecule has 6 heteroatoms. The molecule has 392 valence electrons. The Labute approximate surface area is 429 Å². The number of rotatable bonds is 48. The van der Waals surface area contributed by atoms with Gasteiger partial charge in [0.2, 0.25) is 0 Å². The van der Waals surface area contributed by atoms with Crippen LogP contribution in [0.25, 0.3) is 0 Å². The van der Waals surface area contributed by atoms with E-state index in [0.29, 0.717) is 19.3 Å². The van der Waals surface area contributed by atoms with Gasteiger partial charge in [0.1, 0.15) is 13.2 Å². The minimum atomic E-state index is -0.826. The predicted molar refractivity (Wildman–Crippen MR) is 302 cm³/mol. The van der Waals surface area contributed by atoms with Crippen LogP contribution < -0.4 is 0 Å². The summed E-state index contributed by atoms with van der Waals surface area (Å²) in [6, 6.07) is 0. The van der Waals surface area contributed by atoms with Crippen LogP contribution in [0, 0.1) is 0 Å². The van der Waals surface area contributed by atoms with Crippen molar-refractivity contribution < 1.29 is 28.6 Å². The SMILES string of the molecule is CC\C=C/C=C\C=C/C=C\C=C\C=C/CCCCCC(=O)OCC(COC(=O)CCCCCCCCCCCCCCCCCCCC)OC(=O)CCCCC\C=C/C=C/C=C\C=C/C=C\C=C/CC. The Kier molecular flexibility index (Phi) is 53.0. The highest BCUT2D eigenvalue weighted by atomic mass is 16.6. The van der Waals surface area contributed by atoms with Gasteiger partial charge in [-0.1, -0.05) is 289 Å². The second-order valence-corrected chi connectivity index (χ2v) is 18.0. The summed E-state index contributed by atoms with van der Waals surface area (Å²) in [5.74, 6) is -1.01. The largest absolute Gasteiger partial charge is 0.462 e. The number of esters is 3. The van der Waals surface area contributed by atoms with Crippen LogP contribution in [0.5, 0.6) is 0 Å². The summed E-state index contributed by atoms with van der Waals surface area (Å²) in [5, 5.41) is 0. The average molecular weight is 965 g/mol. The van der Waals surface area contributed by atoms with Crippen molar-refractivity contribution in [2.45, 2.75) is 226 Å². The summed E-state index contributed by atoms with van der Waals surface area (Å²) in [5.41, 5.74) is 0. The van der Waals surface area contributed by atoms with Crippen molar-refractivity contribution in [3.63, 3.8) is 0 Å². The molecule has 0 rings (SSSR count). The molecule has 0 aliphatic carbocycles. The van der Waals surface area contributed by atoms with Crippen molar-refractivity contribution in [2.75, 3.05) is 13.2 Å². The first-order valence-corrected chi connectivity index (χ1v) is 28.0. The molecule has 0 aliphatic rings. The van der Waals surface area contributed by atoms with Gasteiger partial charge in [0, 0.05) is 19.3 Å². The standard InChI is InChI=1S/C64H100O6/c1-4-7-10-13-16-19-22-25-28-31-34-36-39-42-45-48-51-54-57-63(66)69-60-61(70-64(67)58-55-52-49-46-43-40-37-33-30-27-24-21-18-15-12-9-6-3)59-68-62(65)56-53-50-47-44-41-38-35-32-29-26-23-20-17-14-11-8-5-2/h8-9,11-12,14-15,17-18,20-21,23-24,26-27,29-30,32-33,35,37-38,40-41,43,61H,4-7,10,13,16,19,22,25,28,31,34,36,39,42,44-60H2,1-3H3/b11-8-,12-9-,17-14-,18-15-,23-20-,24-21-,29-26-,30-27-,35-32+,37-33+,41-38-,43-40-. The van der Waals surface area contributed by atoms with Gasteiger partial charge in [0.25, 0.3) is 0 Å². The van der Waals surface area contributed by atoms with Crippen LogP contribution >= 0.6 is 0 Å². The third-order valence-corrected chi connectivity index (χ3v) is 11.4. The summed E-state index contributed by atoms with van der Waals surface area (Å²) >= 11 is 0. The van der Waals surface area contributed by atoms with Crippen molar-refractivity contribution in [1.29, 1.82) is 0 Å². The fraction of sp³-hybridized carbons (Fsp3) is 0.578. The Morgan fingerprint density at radius 1 is 0.300 bits per heavy atom. The second kappa shape index (κ2) is 56.9. The highest BCUT2D eigenvalue weighted by Crippen LogP contribution is 2.15. The van der Waals surface area contributed by atoms with Crippen LogP contribution in [0.3, 0.4) is 0 Å². The molecule has 0 aliphatic heterocycles. The monoisotopic (exact) mass is 965 g/mol. The summed E-state index contributed by atoms with van der Waals surface area (Å²) < 4.78 is 16.8. The zero-order chi connectivity index (χ0) is 50.7. The molecule has 0 radical (unpaired) electrons. The number of carbonyl (C=O) groups is 3. The van der Waals surface area contributed by atoms with Gasteiger partial charge in [-0.2, -0.15) is 0 Å². The summed E-state index contributed by atoms with van der Waals surface area (Å²) in [7, 11) is 0. The maximum atomic E-state index is 12.8. The first kappa shape index (κ1) is 65.3. The lowest BCUT2D eigenvalue weighted by Gasteiger charge is -2.18. The van der Waals surface area contributed by atoms with Crippen LogP contribution in [-0.4, -0.2) is 37.2 Å². The third kappa shape index (κ3) is 54.2. The Morgan fingerprint density at radius 3 is 0.871 bits per heavy atom. The quantitative estimate of drug-likeness (QED) is 0.0262. The number of allylic oxidation sites excluding steroid dienone is 24. The topological polar surface area (TPSA) is 78.9 Å². The maximum Gasteiger partial charge on any atom is 0.306 e. The molecule has 0 aromatic rings. The van der Waals surface area contributed by atoms with E-state index >= 15 is 0 Å². The van der Waals surface area contributed by atoms with E-state index in [-0.39, 0.29) is 37.5 Å². The third-order valence-electron chi connectivity index (χ3n) is 11.4. The highest BCUT2D eigenvalue weighted by molar-refractivity contribution is 5.71. The second-order valence-electron chi connectivity index (χ2n) is 18.0. The number of carbonyl (C=O) groups excluding carboxylic acids is 3. The van der Waals surface area contributed by atoms with E-state index in [1.165, 1.54) is 96.3 Å². The molecule has 0 spiro atoms. The molecular formula is C64H100O6. The smallest absolute Gasteiger partial charge is 0.306 e. The van der Waals surface area contributed by atoms with Gasteiger partial charge in [0.15, 0.2) is 6.10 Å². The Bertz CT molecular complexity index is 1580. The maximum absolute atomic E-state index is 12.8. The van der Waals surface area contributed by atoms with Crippen molar-refractivity contribution in [3.05, 3.63) is 146 Å². The van der Waals surface area contributed by atoms with Crippen molar-refractivity contribution >= 4 is 17.9 Å². The van der Waals surface area contributed by atoms with Crippen LogP contribution in [0.2, 0.25) is 0 Å². The Hall–Kier alpha value is -4.71. The summed E-state index contributed by atoms with van der Waals surface area (Å²) in [4.78, 5) is 38.1. The molecule has 0 amide bonds. The zero-order valence-electron chi connectivity index (χ0n) is 44.7. The number of hydrogen-bond acceptors (Lipinski definition) is 6. The molecule has 70 heavy (non-hydrogen) atoms. The minimum Gasteiger partial charge on any atom is -0.462 e. The molecule has 0 heterocycles. The average Bonchev–Trinajstić information content (AvgIpc) is 3.36.